The second kappa shape index (κ2) is 8.56. The van der Waals surface area contributed by atoms with Crippen molar-refractivity contribution in [2.75, 3.05) is 45.2 Å². The summed E-state index contributed by atoms with van der Waals surface area (Å²) in [6.45, 7) is 3.74. The van der Waals surface area contributed by atoms with Crippen molar-refractivity contribution in [1.29, 1.82) is 0 Å². The second-order valence-corrected chi connectivity index (χ2v) is 8.09. The molecule has 0 N–H and O–H groups in total. The first-order valence-electron chi connectivity index (χ1n) is 10.7. The summed E-state index contributed by atoms with van der Waals surface area (Å²) in [4.78, 5) is 21.9. The van der Waals surface area contributed by atoms with Gasteiger partial charge in [0.2, 0.25) is 5.88 Å². The predicted octanol–water partition coefficient (Wildman–Crippen LogP) is 3.66. The number of ether oxygens (including phenoxy) is 1. The Kier molecular flexibility index (Phi) is 5.56. The number of aromatic nitrogens is 5. The zero-order chi connectivity index (χ0) is 23.9. The number of pyridine rings is 3. The summed E-state index contributed by atoms with van der Waals surface area (Å²) in [5.74, 6) is 0.787. The summed E-state index contributed by atoms with van der Waals surface area (Å²) in [7, 11) is 3.60. The third-order valence-electron chi connectivity index (χ3n) is 5.86. The minimum absolute atomic E-state index is 0.116. The molecule has 0 amide bonds. The lowest BCUT2D eigenvalue weighted by atomic mass is 10.2. The van der Waals surface area contributed by atoms with Crippen molar-refractivity contribution in [3.05, 3.63) is 54.5 Å². The summed E-state index contributed by atoms with van der Waals surface area (Å²) >= 11 is 0. The predicted molar refractivity (Wildman–Crippen MR) is 121 cm³/mol. The van der Waals surface area contributed by atoms with E-state index >= 15 is 0 Å². The number of hydrogen-bond acceptors (Lipinski definition) is 7. The van der Waals surface area contributed by atoms with Gasteiger partial charge in [0, 0.05) is 38.4 Å². The molecule has 5 rings (SSSR count). The highest BCUT2D eigenvalue weighted by molar-refractivity contribution is 5.80. The van der Waals surface area contributed by atoms with Gasteiger partial charge in [0.1, 0.15) is 11.2 Å². The van der Waals surface area contributed by atoms with Crippen molar-refractivity contribution in [1.82, 2.24) is 29.4 Å². The smallest absolute Gasteiger partial charge is 0.417 e. The molecule has 1 aliphatic heterocycles. The topological polar surface area (TPSA) is 72.2 Å². The molecule has 0 aliphatic carbocycles. The number of methoxy groups -OCH3 is 1. The first-order chi connectivity index (χ1) is 16.3. The number of rotatable bonds is 4. The van der Waals surface area contributed by atoms with E-state index in [1.165, 1.54) is 7.11 Å². The number of nitrogens with zero attached hydrogens (tertiary/aromatic N) is 7. The van der Waals surface area contributed by atoms with Crippen LogP contribution in [0.25, 0.3) is 28.4 Å². The Labute approximate surface area is 193 Å². The Bertz CT molecular complexity index is 1300. The Morgan fingerprint density at radius 3 is 2.24 bits per heavy atom. The van der Waals surface area contributed by atoms with Gasteiger partial charge in [-0.2, -0.15) is 13.2 Å². The number of likely N-dealkylation sites (N-methyl/N-ethyl adjacent to an activating group) is 1. The maximum absolute atomic E-state index is 13.3. The van der Waals surface area contributed by atoms with Crippen LogP contribution in [0.1, 0.15) is 5.56 Å². The number of imidazole rings is 1. The van der Waals surface area contributed by atoms with Gasteiger partial charge in [-0.3, -0.25) is 9.55 Å². The highest BCUT2D eigenvalue weighted by Crippen LogP contribution is 2.33. The summed E-state index contributed by atoms with van der Waals surface area (Å²) in [5, 5.41) is 0. The molecule has 176 valence electrons. The van der Waals surface area contributed by atoms with Crippen LogP contribution >= 0.6 is 0 Å². The van der Waals surface area contributed by atoms with Gasteiger partial charge in [-0.1, -0.05) is 0 Å². The van der Waals surface area contributed by atoms with Gasteiger partial charge >= 0.3 is 6.18 Å². The zero-order valence-electron chi connectivity index (χ0n) is 18.6. The summed E-state index contributed by atoms with van der Waals surface area (Å²) in [6, 6.07) is 8.19. The number of piperazine rings is 1. The molecule has 1 aliphatic rings. The van der Waals surface area contributed by atoms with E-state index in [1.54, 1.807) is 29.1 Å². The molecular weight excluding hydrogens is 447 g/mol. The van der Waals surface area contributed by atoms with E-state index in [1.807, 2.05) is 12.1 Å². The van der Waals surface area contributed by atoms with Crippen LogP contribution in [0.5, 0.6) is 5.88 Å². The molecule has 0 aromatic carbocycles. The van der Waals surface area contributed by atoms with E-state index in [-0.39, 0.29) is 11.2 Å². The SMILES string of the molecule is COc1ccc(-n2c(-c3ccc(N4CCN(C)CC4)cn3)nc3cc(C(F)(F)F)cnc32)cn1. The zero-order valence-corrected chi connectivity index (χ0v) is 18.6. The maximum atomic E-state index is 13.3. The van der Waals surface area contributed by atoms with Crippen molar-refractivity contribution in [3.63, 3.8) is 0 Å². The Morgan fingerprint density at radius 1 is 0.882 bits per heavy atom. The standard InChI is InChI=1S/C23H22F3N7O/c1-31-7-9-32(10-8-31)16-3-5-18(27-13-16)22-30-19-11-15(23(24,25)26)12-29-21(19)33(22)17-4-6-20(34-2)28-14-17/h3-6,11-14H,7-10H2,1-2H3. The quantitative estimate of drug-likeness (QED) is 0.452. The van der Waals surface area contributed by atoms with Crippen LogP contribution in [0.3, 0.4) is 0 Å². The molecule has 1 fully saturated rings. The van der Waals surface area contributed by atoms with Crippen molar-refractivity contribution < 1.29 is 17.9 Å². The third-order valence-corrected chi connectivity index (χ3v) is 5.86. The Balaban J connectivity index is 1.60. The molecule has 5 heterocycles. The van der Waals surface area contributed by atoms with Gasteiger partial charge in [-0.25, -0.2) is 15.0 Å². The number of fused-ring (bicyclic) bond motifs is 1. The van der Waals surface area contributed by atoms with Crippen LogP contribution in [0.15, 0.2) is 48.9 Å². The van der Waals surface area contributed by atoms with Crippen molar-refractivity contribution >= 4 is 16.9 Å². The van der Waals surface area contributed by atoms with Crippen LogP contribution in [0.2, 0.25) is 0 Å². The average molecular weight is 469 g/mol. The third kappa shape index (κ3) is 4.14. The molecule has 0 unspecified atom stereocenters. The minimum Gasteiger partial charge on any atom is -0.481 e. The van der Waals surface area contributed by atoms with Gasteiger partial charge in [0.15, 0.2) is 11.5 Å². The van der Waals surface area contributed by atoms with Crippen LogP contribution in [-0.4, -0.2) is 69.7 Å². The van der Waals surface area contributed by atoms with Crippen LogP contribution in [-0.2, 0) is 6.18 Å². The van der Waals surface area contributed by atoms with E-state index in [2.05, 4.69) is 36.8 Å². The first-order valence-corrected chi connectivity index (χ1v) is 10.7. The number of halogens is 3. The fourth-order valence-electron chi connectivity index (χ4n) is 3.93. The lowest BCUT2D eigenvalue weighted by Crippen LogP contribution is -2.44. The highest BCUT2D eigenvalue weighted by atomic mass is 19.4. The monoisotopic (exact) mass is 469 g/mol. The van der Waals surface area contributed by atoms with Crippen molar-refractivity contribution in [2.24, 2.45) is 0 Å². The fourth-order valence-corrected chi connectivity index (χ4v) is 3.93. The molecule has 11 heteroatoms. The van der Waals surface area contributed by atoms with Gasteiger partial charge in [-0.15, -0.1) is 0 Å². The molecule has 0 saturated carbocycles. The normalized spacial score (nSPS) is 15.1. The Morgan fingerprint density at radius 2 is 1.62 bits per heavy atom. The summed E-state index contributed by atoms with van der Waals surface area (Å²) in [6.07, 6.45) is -0.382. The molecular formula is C23H22F3N7O. The van der Waals surface area contributed by atoms with Gasteiger partial charge in [0.05, 0.1) is 36.4 Å². The lowest BCUT2D eigenvalue weighted by molar-refractivity contribution is -0.137. The van der Waals surface area contributed by atoms with Crippen LogP contribution < -0.4 is 9.64 Å². The molecule has 0 atom stereocenters. The number of hydrogen-bond donors (Lipinski definition) is 0. The van der Waals surface area contributed by atoms with Crippen LogP contribution in [0.4, 0.5) is 18.9 Å². The molecule has 0 radical (unpaired) electrons. The largest absolute Gasteiger partial charge is 0.481 e. The van der Waals surface area contributed by atoms with Gasteiger partial charge < -0.3 is 14.5 Å². The van der Waals surface area contributed by atoms with E-state index < -0.39 is 11.7 Å². The van der Waals surface area contributed by atoms with E-state index in [4.69, 9.17) is 4.74 Å². The molecule has 34 heavy (non-hydrogen) atoms. The number of alkyl halides is 3. The van der Waals surface area contributed by atoms with Gasteiger partial charge in [0.25, 0.3) is 0 Å². The minimum atomic E-state index is -4.52. The molecule has 4 aromatic heterocycles. The molecule has 8 nitrogen and oxygen atoms in total. The van der Waals surface area contributed by atoms with Crippen molar-refractivity contribution in [3.8, 4) is 23.1 Å². The van der Waals surface area contributed by atoms with E-state index in [9.17, 15) is 13.2 Å². The van der Waals surface area contributed by atoms with Crippen molar-refractivity contribution in [2.45, 2.75) is 6.18 Å². The molecule has 0 spiro atoms. The molecule has 1 saturated heterocycles. The van der Waals surface area contributed by atoms with Crippen LogP contribution in [0, 0.1) is 0 Å². The van der Waals surface area contributed by atoms with E-state index in [0.29, 0.717) is 23.1 Å². The lowest BCUT2D eigenvalue weighted by Gasteiger charge is -2.33. The number of anilines is 1. The Hall–Kier alpha value is -3.73. The van der Waals surface area contributed by atoms with Gasteiger partial charge in [-0.05, 0) is 31.3 Å². The molecule has 0 bridgehead atoms. The van der Waals surface area contributed by atoms with E-state index in [0.717, 1.165) is 44.1 Å². The second-order valence-electron chi connectivity index (χ2n) is 8.09. The molecule has 4 aromatic rings. The summed E-state index contributed by atoms with van der Waals surface area (Å²) < 4.78 is 46.6. The fraction of sp³-hybridized carbons (Fsp3) is 0.304. The maximum Gasteiger partial charge on any atom is 0.417 e. The average Bonchev–Trinajstić information content (AvgIpc) is 3.23. The first kappa shape index (κ1) is 22.1. The summed E-state index contributed by atoms with van der Waals surface area (Å²) in [5.41, 5.74) is 1.62. The highest BCUT2D eigenvalue weighted by Gasteiger charge is 2.32.